The van der Waals surface area contributed by atoms with Crippen LogP contribution in [0.4, 0.5) is 9.59 Å². The van der Waals surface area contributed by atoms with Gasteiger partial charge in [-0.3, -0.25) is 9.69 Å². The van der Waals surface area contributed by atoms with Crippen molar-refractivity contribution in [3.63, 3.8) is 0 Å². The van der Waals surface area contributed by atoms with Crippen LogP contribution < -0.4 is 5.32 Å². The minimum absolute atomic E-state index is 0.203. The minimum Gasteiger partial charge on any atom is -0.444 e. The van der Waals surface area contributed by atoms with Crippen molar-refractivity contribution in [2.75, 3.05) is 39.3 Å². The predicted octanol–water partition coefficient (Wildman–Crippen LogP) is 8.67. The molecule has 0 aliphatic carbocycles. The first kappa shape index (κ1) is 41.3. The van der Waals surface area contributed by atoms with Gasteiger partial charge in [0.2, 0.25) is 0 Å². The van der Waals surface area contributed by atoms with E-state index in [1.165, 1.54) is 5.56 Å². The highest BCUT2D eigenvalue weighted by Crippen LogP contribution is 2.25. The second-order valence-corrected chi connectivity index (χ2v) is 16.1. The number of piperazine rings is 2. The number of nitrogens with zero attached hydrogens (tertiary/aromatic N) is 3. The Morgan fingerprint density at radius 1 is 0.851 bits per heavy atom. The Morgan fingerprint density at radius 2 is 1.38 bits per heavy atom. The van der Waals surface area contributed by atoms with Crippen molar-refractivity contribution < 1.29 is 23.9 Å². The van der Waals surface area contributed by atoms with Gasteiger partial charge in [-0.1, -0.05) is 35.3 Å². The number of carbonyl (C=O) groups is 3. The van der Waals surface area contributed by atoms with E-state index in [4.69, 9.17) is 32.7 Å². The van der Waals surface area contributed by atoms with E-state index in [2.05, 4.69) is 62.0 Å². The second kappa shape index (κ2) is 18.8. The molecule has 0 aromatic heterocycles. The van der Waals surface area contributed by atoms with Crippen molar-refractivity contribution in [3.8, 4) is 0 Å². The van der Waals surface area contributed by atoms with Gasteiger partial charge in [-0.2, -0.15) is 0 Å². The summed E-state index contributed by atoms with van der Waals surface area (Å²) in [5.74, 6) is 0. The molecule has 2 aliphatic rings. The van der Waals surface area contributed by atoms with E-state index in [0.717, 1.165) is 53.0 Å². The highest BCUT2D eigenvalue weighted by Gasteiger charge is 2.30. The normalized spacial score (nSPS) is 18.6. The van der Waals surface area contributed by atoms with Gasteiger partial charge in [-0.05, 0) is 117 Å². The SMILES string of the molecule is C[C@H]1CN(C(=O)OC(C)(C)C)CCN1.C[C@H]1CN(C(=O)OC(C)(C)C)CCN1Cc1ccc(Cl)c(Br)c1.O=Cc1ccc(Cl)c(Br)c1. The highest BCUT2D eigenvalue weighted by molar-refractivity contribution is 9.10. The molecule has 2 aromatic rings. The molecule has 2 aliphatic heterocycles. The maximum absolute atomic E-state index is 12.2. The molecular formula is C34H48Br2Cl2N4O5. The molecule has 2 saturated heterocycles. The molecule has 9 nitrogen and oxygen atoms in total. The number of amides is 2. The van der Waals surface area contributed by atoms with Crippen LogP contribution in [-0.2, 0) is 16.0 Å². The Hall–Kier alpha value is -1.89. The van der Waals surface area contributed by atoms with Gasteiger partial charge in [0.25, 0.3) is 0 Å². The molecule has 0 radical (unpaired) electrons. The van der Waals surface area contributed by atoms with Crippen LogP contribution in [0, 0.1) is 0 Å². The molecule has 2 heterocycles. The lowest BCUT2D eigenvalue weighted by molar-refractivity contribution is 0.00456. The lowest BCUT2D eigenvalue weighted by atomic mass is 10.1. The Bertz CT molecular complexity index is 1350. The third-order valence-corrected chi connectivity index (χ3v) is 9.31. The molecule has 2 fully saturated rings. The summed E-state index contributed by atoms with van der Waals surface area (Å²) < 4.78 is 12.4. The second-order valence-electron chi connectivity index (χ2n) is 13.6. The van der Waals surface area contributed by atoms with E-state index in [1.54, 1.807) is 28.0 Å². The molecule has 0 saturated carbocycles. The van der Waals surface area contributed by atoms with Crippen LogP contribution in [0.15, 0.2) is 45.3 Å². The van der Waals surface area contributed by atoms with Gasteiger partial charge >= 0.3 is 12.2 Å². The van der Waals surface area contributed by atoms with E-state index < -0.39 is 11.2 Å². The van der Waals surface area contributed by atoms with E-state index >= 15 is 0 Å². The fourth-order valence-electron chi connectivity index (χ4n) is 4.61. The zero-order chi connectivity index (χ0) is 35.5. The summed E-state index contributed by atoms with van der Waals surface area (Å²) >= 11 is 18.4. The summed E-state index contributed by atoms with van der Waals surface area (Å²) in [6, 6.07) is 11.7. The number of hydrogen-bond acceptors (Lipinski definition) is 7. The summed E-state index contributed by atoms with van der Waals surface area (Å²) in [4.78, 5) is 39.9. The van der Waals surface area contributed by atoms with Crippen LogP contribution in [0.3, 0.4) is 0 Å². The van der Waals surface area contributed by atoms with Gasteiger partial charge in [0.05, 0.1) is 10.0 Å². The molecule has 2 aromatic carbocycles. The number of hydrogen-bond donors (Lipinski definition) is 1. The Balaban J connectivity index is 0.000000271. The molecule has 1 N–H and O–H groups in total. The summed E-state index contributed by atoms with van der Waals surface area (Å²) in [7, 11) is 0. The number of benzene rings is 2. The average molecular weight is 823 g/mol. The molecule has 262 valence electrons. The summed E-state index contributed by atoms with van der Waals surface area (Å²) in [5, 5.41) is 4.62. The van der Waals surface area contributed by atoms with Crippen LogP contribution in [-0.4, -0.2) is 95.7 Å². The number of carbonyl (C=O) groups excluding carboxylic acids is 3. The van der Waals surface area contributed by atoms with Crippen LogP contribution in [0.1, 0.15) is 71.3 Å². The monoisotopic (exact) mass is 820 g/mol. The average Bonchev–Trinajstić information content (AvgIpc) is 2.96. The molecule has 0 bridgehead atoms. The highest BCUT2D eigenvalue weighted by atomic mass is 79.9. The lowest BCUT2D eigenvalue weighted by Gasteiger charge is -2.40. The Kier molecular flexibility index (Phi) is 16.5. The van der Waals surface area contributed by atoms with Crippen molar-refractivity contribution in [1.29, 1.82) is 0 Å². The van der Waals surface area contributed by atoms with Gasteiger partial charge in [0, 0.05) is 72.4 Å². The fraction of sp³-hybridized carbons (Fsp3) is 0.559. The van der Waals surface area contributed by atoms with Crippen LogP contribution >= 0.6 is 55.1 Å². The van der Waals surface area contributed by atoms with Crippen molar-refractivity contribution >= 4 is 73.5 Å². The predicted molar refractivity (Wildman–Crippen MR) is 197 cm³/mol. The summed E-state index contributed by atoms with van der Waals surface area (Å²) in [6.07, 6.45) is 0.352. The topological polar surface area (TPSA) is 91.4 Å². The quantitative estimate of drug-likeness (QED) is 0.310. The molecule has 0 spiro atoms. The van der Waals surface area contributed by atoms with Gasteiger partial charge in [0.1, 0.15) is 17.5 Å². The minimum atomic E-state index is -0.451. The van der Waals surface area contributed by atoms with Crippen LogP contribution in [0.2, 0.25) is 10.0 Å². The van der Waals surface area contributed by atoms with Gasteiger partial charge in [0.15, 0.2) is 0 Å². The standard InChI is InChI=1S/C17H24BrClN2O2.C10H20N2O2.C7H4BrClO/c1-12-10-21(16(22)23-17(2,3)4)8-7-20(12)11-13-5-6-15(19)14(18)9-13;1-8-7-12(6-5-11-8)9(13)14-10(2,3)4;8-6-3-5(4-10)1-2-7(6)9/h5-6,9,12H,7-8,10-11H2,1-4H3;8,11H,5-7H2,1-4H3;1-4H/t12-;8-;/m00./s1. The number of ether oxygens (including phenoxy) is 2. The van der Waals surface area contributed by atoms with Crippen LogP contribution in [0.25, 0.3) is 0 Å². The number of rotatable bonds is 3. The molecular weight excluding hydrogens is 775 g/mol. The van der Waals surface area contributed by atoms with Gasteiger partial charge in [-0.25, -0.2) is 9.59 Å². The van der Waals surface area contributed by atoms with Crippen molar-refractivity contribution in [2.24, 2.45) is 0 Å². The smallest absolute Gasteiger partial charge is 0.410 e. The largest absolute Gasteiger partial charge is 0.444 e. The zero-order valence-corrected chi connectivity index (χ0v) is 33.2. The lowest BCUT2D eigenvalue weighted by Crippen LogP contribution is -2.54. The van der Waals surface area contributed by atoms with E-state index in [0.29, 0.717) is 29.7 Å². The number of nitrogens with one attached hydrogen (secondary N) is 1. The third-order valence-electron chi connectivity index (χ3n) is 6.89. The molecule has 2 amide bonds. The molecule has 0 unspecified atom stereocenters. The maximum Gasteiger partial charge on any atom is 0.410 e. The first-order valence-electron chi connectivity index (χ1n) is 15.6. The molecule has 47 heavy (non-hydrogen) atoms. The van der Waals surface area contributed by atoms with Gasteiger partial charge in [-0.15, -0.1) is 0 Å². The van der Waals surface area contributed by atoms with Crippen molar-refractivity contribution in [2.45, 2.75) is 85.2 Å². The number of aldehydes is 1. The van der Waals surface area contributed by atoms with E-state index in [-0.39, 0.29) is 18.2 Å². The van der Waals surface area contributed by atoms with E-state index in [9.17, 15) is 14.4 Å². The third kappa shape index (κ3) is 15.5. The maximum atomic E-state index is 12.2. The summed E-state index contributed by atoms with van der Waals surface area (Å²) in [6.45, 7) is 20.9. The molecule has 2 atom stereocenters. The zero-order valence-electron chi connectivity index (χ0n) is 28.5. The first-order valence-corrected chi connectivity index (χ1v) is 17.9. The molecule has 13 heteroatoms. The Labute approximate surface area is 306 Å². The first-order chi connectivity index (χ1) is 21.8. The number of halogens is 4. The van der Waals surface area contributed by atoms with E-state index in [1.807, 2.05) is 53.7 Å². The van der Waals surface area contributed by atoms with Crippen LogP contribution in [0.5, 0.6) is 0 Å². The van der Waals surface area contributed by atoms with Crippen molar-refractivity contribution in [3.05, 3.63) is 66.5 Å². The Morgan fingerprint density at radius 3 is 1.85 bits per heavy atom. The fourth-order valence-corrected chi connectivity index (χ4v) is 5.66. The molecule has 4 rings (SSSR count). The summed E-state index contributed by atoms with van der Waals surface area (Å²) in [5.41, 5.74) is 0.980. The van der Waals surface area contributed by atoms with Gasteiger partial charge < -0.3 is 24.6 Å². The van der Waals surface area contributed by atoms with Crippen molar-refractivity contribution in [1.82, 2.24) is 20.0 Å².